The van der Waals surface area contributed by atoms with E-state index in [0.717, 1.165) is 34.4 Å². The smallest absolute Gasteiger partial charge is 0.348 e. The molecule has 9 rings (SSSR count). The quantitative estimate of drug-likeness (QED) is 0.144. The van der Waals surface area contributed by atoms with Gasteiger partial charge in [0.05, 0.1) is 11.4 Å². The van der Waals surface area contributed by atoms with E-state index in [0.29, 0.717) is 0 Å². The summed E-state index contributed by atoms with van der Waals surface area (Å²) in [5.74, 6) is 3.43. The SMILES string of the molecule is CC(C)(C)c1ccc2c(c1)-c1cc(C(C)(C)C)ccc1N1c3ccccc3Oc3ccc(C(C)(C)C)cc3[Si]13c1cc(C(C)(C)C)ccc1Oc1ccccc1N23. The van der Waals surface area contributed by atoms with Gasteiger partial charge in [-0.2, -0.15) is 0 Å². The van der Waals surface area contributed by atoms with E-state index >= 15 is 0 Å². The Morgan fingerprint density at radius 3 is 1.05 bits per heavy atom. The van der Waals surface area contributed by atoms with Gasteiger partial charge >= 0.3 is 8.40 Å². The third kappa shape index (κ3) is 5.75. The first-order chi connectivity index (χ1) is 26.8. The molecule has 0 aromatic heterocycles. The summed E-state index contributed by atoms with van der Waals surface area (Å²) in [7, 11) is -3.64. The van der Waals surface area contributed by atoms with Gasteiger partial charge < -0.3 is 18.6 Å². The van der Waals surface area contributed by atoms with E-state index < -0.39 is 8.40 Å². The van der Waals surface area contributed by atoms with Crippen LogP contribution in [0.2, 0.25) is 0 Å². The molecule has 0 fully saturated rings. The molecule has 0 saturated heterocycles. The molecule has 0 amide bonds. The molecule has 3 aliphatic heterocycles. The second-order valence-corrected chi connectivity index (χ2v) is 23.7. The number of ether oxygens (including phenoxy) is 2. The molecule has 4 nitrogen and oxygen atoms in total. The zero-order chi connectivity index (χ0) is 40.4. The molecule has 290 valence electrons. The maximum Gasteiger partial charge on any atom is 0.348 e. The number of nitrogens with zero attached hydrogens (tertiary/aromatic N) is 2. The van der Waals surface area contributed by atoms with Gasteiger partial charge in [-0.3, -0.25) is 0 Å². The van der Waals surface area contributed by atoms with Crippen LogP contribution < -0.4 is 29.0 Å². The van der Waals surface area contributed by atoms with Crippen LogP contribution in [-0.4, -0.2) is 8.40 Å². The molecule has 1 spiro atoms. The van der Waals surface area contributed by atoms with E-state index in [2.05, 4.69) is 214 Å². The molecule has 0 saturated carbocycles. The van der Waals surface area contributed by atoms with E-state index in [1.807, 2.05) is 0 Å². The van der Waals surface area contributed by atoms with Crippen molar-refractivity contribution >= 4 is 41.5 Å². The molecule has 3 heterocycles. The van der Waals surface area contributed by atoms with E-state index in [-0.39, 0.29) is 21.7 Å². The van der Waals surface area contributed by atoms with Crippen molar-refractivity contribution in [1.82, 2.24) is 0 Å². The number of para-hydroxylation sites is 4. The summed E-state index contributed by atoms with van der Waals surface area (Å²) in [4.78, 5) is 0. The second-order valence-electron chi connectivity index (χ2n) is 20.4. The lowest BCUT2D eigenvalue weighted by Gasteiger charge is -2.49. The minimum absolute atomic E-state index is 0.0640. The van der Waals surface area contributed by atoms with Crippen LogP contribution in [0.3, 0.4) is 0 Å². The summed E-state index contributed by atoms with van der Waals surface area (Å²) in [6.07, 6.45) is 0. The molecule has 0 radical (unpaired) electrons. The molecule has 0 unspecified atom stereocenters. The van der Waals surface area contributed by atoms with Crippen LogP contribution in [0.25, 0.3) is 11.1 Å². The summed E-state index contributed by atoms with van der Waals surface area (Å²) < 4.78 is 20.0. The highest BCUT2D eigenvalue weighted by Gasteiger charge is 2.61. The van der Waals surface area contributed by atoms with Gasteiger partial charge in [-0.05, 0) is 105 Å². The molecule has 0 aliphatic carbocycles. The highest BCUT2D eigenvalue weighted by atomic mass is 28.3. The first kappa shape index (κ1) is 37.3. The lowest BCUT2D eigenvalue weighted by atomic mass is 9.82. The predicted molar refractivity (Wildman–Crippen MR) is 242 cm³/mol. The van der Waals surface area contributed by atoms with E-state index in [4.69, 9.17) is 9.47 Å². The topological polar surface area (TPSA) is 24.9 Å². The molecular formula is C52H56N2O2Si. The van der Waals surface area contributed by atoms with Gasteiger partial charge in [0.1, 0.15) is 23.0 Å². The number of rotatable bonds is 0. The molecule has 3 aliphatic rings. The number of hydrogen-bond acceptors (Lipinski definition) is 4. The normalized spacial score (nSPS) is 15.4. The van der Waals surface area contributed by atoms with Gasteiger partial charge in [0.25, 0.3) is 0 Å². The molecule has 0 N–H and O–H groups in total. The summed E-state index contributed by atoms with van der Waals surface area (Å²) in [6.45, 7) is 27.8. The molecule has 57 heavy (non-hydrogen) atoms. The second kappa shape index (κ2) is 12.4. The minimum Gasteiger partial charge on any atom is -0.455 e. The minimum atomic E-state index is -3.64. The lowest BCUT2D eigenvalue weighted by molar-refractivity contribution is 0.488. The van der Waals surface area contributed by atoms with Gasteiger partial charge in [-0.1, -0.05) is 144 Å². The van der Waals surface area contributed by atoms with Crippen LogP contribution >= 0.6 is 0 Å². The first-order valence-corrected chi connectivity index (χ1v) is 22.4. The molecular weight excluding hydrogens is 713 g/mol. The Balaban J connectivity index is 1.60. The van der Waals surface area contributed by atoms with Gasteiger partial charge in [-0.15, -0.1) is 0 Å². The van der Waals surface area contributed by atoms with Crippen molar-refractivity contribution in [3.05, 3.63) is 144 Å². The average Bonchev–Trinajstić information content (AvgIpc) is 3.40. The Morgan fingerprint density at radius 1 is 0.351 bits per heavy atom. The maximum atomic E-state index is 7.26. The van der Waals surface area contributed by atoms with Crippen molar-refractivity contribution in [3.63, 3.8) is 0 Å². The highest BCUT2D eigenvalue weighted by Crippen LogP contribution is 2.57. The third-order valence-corrected chi connectivity index (χ3v) is 16.8. The Morgan fingerprint density at radius 2 is 0.684 bits per heavy atom. The largest absolute Gasteiger partial charge is 0.455 e. The Bertz CT molecular complexity index is 2410. The fourth-order valence-corrected chi connectivity index (χ4v) is 14.2. The predicted octanol–water partition coefficient (Wildman–Crippen LogP) is 13.3. The lowest BCUT2D eigenvalue weighted by Crippen LogP contribution is -2.77. The Hall–Kier alpha value is -5.26. The summed E-state index contributed by atoms with van der Waals surface area (Å²) in [5.41, 5.74) is 11.6. The average molecular weight is 769 g/mol. The van der Waals surface area contributed by atoms with Crippen LogP contribution in [-0.2, 0) is 21.7 Å². The summed E-state index contributed by atoms with van der Waals surface area (Å²) in [5, 5.41) is 2.38. The number of benzene rings is 6. The fraction of sp³-hybridized carbons (Fsp3) is 0.308. The zero-order valence-electron chi connectivity index (χ0n) is 35.8. The maximum absolute atomic E-state index is 7.26. The molecule has 6 aromatic rings. The van der Waals surface area contributed by atoms with Crippen LogP contribution in [0.5, 0.6) is 23.0 Å². The van der Waals surface area contributed by atoms with Gasteiger partial charge in [-0.25, -0.2) is 0 Å². The van der Waals surface area contributed by atoms with E-state index in [1.165, 1.54) is 55.1 Å². The van der Waals surface area contributed by atoms with Crippen molar-refractivity contribution < 1.29 is 9.47 Å². The third-order valence-electron chi connectivity index (χ3n) is 12.2. The molecule has 6 aromatic carbocycles. The van der Waals surface area contributed by atoms with Gasteiger partial charge in [0.15, 0.2) is 0 Å². The van der Waals surface area contributed by atoms with Crippen molar-refractivity contribution in [1.29, 1.82) is 0 Å². The fourth-order valence-electron chi connectivity index (χ4n) is 8.92. The Kier molecular flexibility index (Phi) is 8.10. The van der Waals surface area contributed by atoms with Crippen LogP contribution in [0.15, 0.2) is 121 Å². The first-order valence-electron chi connectivity index (χ1n) is 20.5. The number of fused-ring (bicyclic) bond motifs is 11. The van der Waals surface area contributed by atoms with Gasteiger partial charge in [0, 0.05) is 32.9 Å². The molecule has 0 atom stereocenters. The van der Waals surface area contributed by atoms with Crippen molar-refractivity contribution in [2.24, 2.45) is 0 Å². The highest BCUT2D eigenvalue weighted by molar-refractivity contribution is 7.10. The summed E-state index contributed by atoms with van der Waals surface area (Å²) >= 11 is 0. The van der Waals surface area contributed by atoms with E-state index in [1.54, 1.807) is 0 Å². The summed E-state index contributed by atoms with van der Waals surface area (Å²) in [6, 6.07) is 45.8. The van der Waals surface area contributed by atoms with Crippen molar-refractivity contribution in [3.8, 4) is 34.1 Å². The van der Waals surface area contributed by atoms with Crippen molar-refractivity contribution in [2.45, 2.75) is 105 Å². The standard InChI is InChI=1S/C52H56N2O2Si/c1-49(2,3)33-21-25-39-37(29-33)38-30-34(50(4,5)6)22-26-40(38)54-42-18-14-16-20-44(42)56-46-28-24-36(52(10,11)12)32-48(46)57(54)47-31-35(51(7,8)9)23-27-45(47)55-43-19-15-13-17-41(43)53(39)57/h13-32H,1-12H3. The Labute approximate surface area is 341 Å². The van der Waals surface area contributed by atoms with Gasteiger partial charge in [0.2, 0.25) is 0 Å². The monoisotopic (exact) mass is 768 g/mol. The van der Waals surface area contributed by atoms with Crippen molar-refractivity contribution in [2.75, 3.05) is 9.13 Å². The molecule has 0 bridgehead atoms. The zero-order valence-corrected chi connectivity index (χ0v) is 36.8. The van der Waals surface area contributed by atoms with Crippen LogP contribution in [0, 0.1) is 0 Å². The van der Waals surface area contributed by atoms with E-state index in [9.17, 15) is 0 Å². The van der Waals surface area contributed by atoms with Crippen LogP contribution in [0.4, 0.5) is 22.7 Å². The number of anilines is 4. The van der Waals surface area contributed by atoms with Crippen LogP contribution in [0.1, 0.15) is 105 Å². The number of hydrogen-bond donors (Lipinski definition) is 0. The molecule has 5 heteroatoms.